The number of carbonyl (C=O) groups excluding carboxylic acids is 2. The maximum absolute atomic E-state index is 12.9. The van der Waals surface area contributed by atoms with E-state index in [-0.39, 0.29) is 32.2 Å². The normalized spacial score (nSPS) is 13.4. The van der Waals surface area contributed by atoms with Crippen LogP contribution in [0.2, 0.25) is 0 Å². The van der Waals surface area contributed by atoms with Gasteiger partial charge in [-0.25, -0.2) is 4.79 Å². The number of esters is 2. The summed E-state index contributed by atoms with van der Waals surface area (Å²) in [7, 11) is 5.97. The van der Waals surface area contributed by atoms with Crippen LogP contribution in [0.5, 0.6) is 0 Å². The number of rotatable bonds is 65. The summed E-state index contributed by atoms with van der Waals surface area (Å²) in [5.74, 6) is -2.04. The lowest BCUT2D eigenvalue weighted by Gasteiger charge is -2.25. The Balaban J connectivity index is 4.21. The fourth-order valence-electron chi connectivity index (χ4n) is 9.81. The summed E-state index contributed by atoms with van der Waals surface area (Å²) in [5, 5.41) is 9.75. The molecule has 0 spiro atoms. The predicted octanol–water partition coefficient (Wildman–Crippen LogP) is 22.4. The van der Waals surface area contributed by atoms with Gasteiger partial charge in [0.2, 0.25) is 0 Å². The molecule has 0 aliphatic carbocycles. The highest BCUT2D eigenvalue weighted by Crippen LogP contribution is 2.18. The fourth-order valence-corrected chi connectivity index (χ4v) is 9.81. The van der Waals surface area contributed by atoms with E-state index in [1.165, 1.54) is 154 Å². The first kappa shape index (κ1) is 82.7. The van der Waals surface area contributed by atoms with Crippen LogP contribution in [-0.2, 0) is 33.3 Å². The van der Waals surface area contributed by atoms with Gasteiger partial charge in [-0.1, -0.05) is 315 Å². The summed E-state index contributed by atoms with van der Waals surface area (Å²) in [6, 6.07) is 0. The van der Waals surface area contributed by atoms with Crippen molar-refractivity contribution in [1.82, 2.24) is 0 Å². The zero-order valence-electron chi connectivity index (χ0n) is 56.9. The van der Waals surface area contributed by atoms with E-state index in [4.69, 9.17) is 18.9 Å². The number of likely N-dealkylation sites (N-methyl/N-ethyl adjacent to an activating group) is 1. The molecule has 0 heterocycles. The Bertz CT molecular complexity index is 1840. The highest BCUT2D eigenvalue weighted by atomic mass is 16.7. The van der Waals surface area contributed by atoms with Crippen molar-refractivity contribution in [1.29, 1.82) is 0 Å². The first-order valence-electron chi connectivity index (χ1n) is 35.7. The van der Waals surface area contributed by atoms with Gasteiger partial charge >= 0.3 is 17.9 Å². The van der Waals surface area contributed by atoms with E-state index in [9.17, 15) is 19.5 Å². The molecule has 0 aliphatic rings. The Morgan fingerprint density at radius 1 is 0.356 bits per heavy atom. The Labute approximate surface area is 536 Å². The topological polar surface area (TPSA) is 108 Å². The maximum atomic E-state index is 12.9. The molecule has 2 unspecified atom stereocenters. The minimum atomic E-state index is -1.52. The summed E-state index contributed by atoms with van der Waals surface area (Å²) < 4.78 is 23.0. The molecule has 0 radical (unpaired) electrons. The molecule has 0 rings (SSSR count). The van der Waals surface area contributed by atoms with Gasteiger partial charge < -0.3 is 28.5 Å². The summed E-state index contributed by atoms with van der Waals surface area (Å²) in [6.45, 7) is 4.76. The number of aliphatic carboxylic acids is 1. The second-order valence-electron chi connectivity index (χ2n) is 24.8. The molecule has 2 atom stereocenters. The number of allylic oxidation sites excluding steroid dienone is 20. The Kier molecular flexibility index (Phi) is 64.3. The minimum absolute atomic E-state index is 0.178. The lowest BCUT2D eigenvalue weighted by molar-refractivity contribution is -0.870. The van der Waals surface area contributed by atoms with Crippen LogP contribution in [0.3, 0.4) is 0 Å². The number of quaternary nitrogens is 1. The third-order valence-electron chi connectivity index (χ3n) is 15.2. The Morgan fingerprint density at radius 2 is 0.655 bits per heavy atom. The molecule has 0 aromatic carbocycles. The second-order valence-corrected chi connectivity index (χ2v) is 24.8. The molecule has 0 saturated carbocycles. The van der Waals surface area contributed by atoms with E-state index in [1.54, 1.807) is 0 Å². The van der Waals surface area contributed by atoms with Crippen LogP contribution in [0.1, 0.15) is 296 Å². The van der Waals surface area contributed by atoms with Crippen molar-refractivity contribution in [3.8, 4) is 0 Å². The van der Waals surface area contributed by atoms with Crippen LogP contribution in [0, 0.1) is 0 Å². The molecular formula is C78H134NO8+. The molecule has 0 amide bonds. The molecule has 0 aliphatic heterocycles. The third-order valence-corrected chi connectivity index (χ3v) is 15.2. The van der Waals surface area contributed by atoms with E-state index >= 15 is 0 Å². The van der Waals surface area contributed by atoms with Crippen molar-refractivity contribution in [2.75, 3.05) is 47.5 Å². The fraction of sp³-hybridized carbons (Fsp3) is 0.705. The van der Waals surface area contributed by atoms with Gasteiger partial charge in [0.05, 0.1) is 34.4 Å². The van der Waals surface area contributed by atoms with Gasteiger partial charge in [0.15, 0.2) is 6.10 Å². The first-order valence-corrected chi connectivity index (χ1v) is 35.7. The third kappa shape index (κ3) is 69.0. The van der Waals surface area contributed by atoms with E-state index in [0.717, 1.165) is 109 Å². The Morgan fingerprint density at radius 3 is 0.977 bits per heavy atom. The molecule has 0 aromatic heterocycles. The summed E-state index contributed by atoms with van der Waals surface area (Å²) >= 11 is 0. The SMILES string of the molecule is CC/C=C\C/C=C\C/C=C\C/C=C\C/C=C\C/C=C\C/C=C\C/C=C\C/C=C\C/C=C\CCCCCCC(=O)OC(COC(=O)CCCCCCCCCCCCCCCCCCCCCCCCCCCCC)COC(OCC[N+](C)(C)C)C(=O)O. The molecular weight excluding hydrogens is 1080 g/mol. The molecule has 9 heteroatoms. The van der Waals surface area contributed by atoms with Crippen LogP contribution >= 0.6 is 0 Å². The number of hydrogen-bond donors (Lipinski definition) is 1. The Hall–Kier alpha value is -4.31. The molecule has 0 bridgehead atoms. The number of ether oxygens (including phenoxy) is 4. The van der Waals surface area contributed by atoms with Crippen LogP contribution < -0.4 is 0 Å². The standard InChI is InChI=1S/C78H133NO8/c1-6-8-10-12-14-16-18-20-22-24-26-28-30-32-34-35-36-37-38-39-40-41-43-45-47-49-51-53-55-57-59-61-63-65-67-69-76(81)87-74(73-86-78(77(82)83)84-71-70-79(3,4)5)72-85-75(80)68-66-64-62-60-58-56-54-52-50-48-46-44-42-33-31-29-27-25-23-21-19-17-15-13-11-9-7-2/h8,10,14,16,20,22,26,28,32,34,36-37,39-40,43,45,49,51,55,57,74,78H,6-7,9,11-13,15,17-19,21,23-25,27,29-31,33,35,38,41-42,44,46-48,50,52-54,56,58-73H2,1-5H3/p+1/b10-8-,16-14-,22-20-,28-26-,34-32-,37-36-,40-39-,45-43-,51-49-,57-55-. The number of unbranched alkanes of at least 4 members (excludes halogenated alkanes) is 30. The van der Waals surface area contributed by atoms with Crippen LogP contribution in [0.25, 0.3) is 0 Å². The average Bonchev–Trinajstić information content (AvgIpc) is 3.56. The number of nitrogens with zero attached hydrogens (tertiary/aromatic N) is 1. The van der Waals surface area contributed by atoms with Gasteiger partial charge in [0.1, 0.15) is 13.2 Å². The number of hydrogen-bond acceptors (Lipinski definition) is 7. The van der Waals surface area contributed by atoms with Crippen molar-refractivity contribution >= 4 is 17.9 Å². The van der Waals surface area contributed by atoms with Crippen molar-refractivity contribution in [3.63, 3.8) is 0 Å². The zero-order valence-corrected chi connectivity index (χ0v) is 56.9. The zero-order chi connectivity index (χ0) is 63.3. The van der Waals surface area contributed by atoms with E-state index in [1.807, 2.05) is 21.1 Å². The highest BCUT2D eigenvalue weighted by molar-refractivity contribution is 5.71. The van der Waals surface area contributed by atoms with Crippen molar-refractivity contribution in [2.45, 2.75) is 309 Å². The smallest absolute Gasteiger partial charge is 0.361 e. The molecule has 0 fully saturated rings. The van der Waals surface area contributed by atoms with Gasteiger partial charge in [-0.15, -0.1) is 0 Å². The summed E-state index contributed by atoms with van der Waals surface area (Å²) in [5.41, 5.74) is 0. The average molecular weight is 1210 g/mol. The largest absolute Gasteiger partial charge is 0.477 e. The maximum Gasteiger partial charge on any atom is 0.361 e. The molecule has 1 N–H and O–H groups in total. The molecule has 498 valence electrons. The predicted molar refractivity (Wildman–Crippen MR) is 373 cm³/mol. The van der Waals surface area contributed by atoms with Gasteiger partial charge in [-0.3, -0.25) is 9.59 Å². The van der Waals surface area contributed by atoms with E-state index in [2.05, 4.69) is 135 Å². The van der Waals surface area contributed by atoms with Crippen LogP contribution in [0.4, 0.5) is 0 Å². The first-order chi connectivity index (χ1) is 42.6. The molecule has 0 saturated heterocycles. The second kappa shape index (κ2) is 67.6. The van der Waals surface area contributed by atoms with Crippen LogP contribution in [0.15, 0.2) is 122 Å². The van der Waals surface area contributed by atoms with Crippen molar-refractivity contribution in [2.24, 2.45) is 0 Å². The monoisotopic (exact) mass is 1210 g/mol. The molecule has 0 aromatic rings. The van der Waals surface area contributed by atoms with Crippen LogP contribution in [-0.4, -0.2) is 87.4 Å². The van der Waals surface area contributed by atoms with Gasteiger partial charge in [0.25, 0.3) is 6.29 Å². The lowest BCUT2D eigenvalue weighted by atomic mass is 10.0. The van der Waals surface area contributed by atoms with Crippen molar-refractivity contribution < 1.29 is 42.9 Å². The minimum Gasteiger partial charge on any atom is -0.477 e. The van der Waals surface area contributed by atoms with E-state index in [0.29, 0.717) is 23.9 Å². The number of carboxylic acids is 1. The van der Waals surface area contributed by atoms with Gasteiger partial charge in [-0.05, 0) is 89.9 Å². The van der Waals surface area contributed by atoms with E-state index < -0.39 is 24.3 Å². The number of carbonyl (C=O) groups is 3. The summed E-state index contributed by atoms with van der Waals surface area (Å²) in [6.07, 6.45) is 93.2. The molecule has 87 heavy (non-hydrogen) atoms. The highest BCUT2D eigenvalue weighted by Gasteiger charge is 2.25. The quantitative estimate of drug-likeness (QED) is 0.0211. The van der Waals surface area contributed by atoms with Gasteiger partial charge in [-0.2, -0.15) is 0 Å². The van der Waals surface area contributed by atoms with Crippen molar-refractivity contribution in [3.05, 3.63) is 122 Å². The summed E-state index contributed by atoms with van der Waals surface area (Å²) in [4.78, 5) is 37.6. The lowest BCUT2D eigenvalue weighted by Crippen LogP contribution is -2.40. The van der Waals surface area contributed by atoms with Gasteiger partial charge in [0, 0.05) is 12.8 Å². The number of carboxylic acid groups (broad SMARTS) is 1. The molecule has 9 nitrogen and oxygen atoms in total.